The molecule has 16 heavy (non-hydrogen) atoms. The van der Waals surface area contributed by atoms with Gasteiger partial charge in [-0.05, 0) is 19.1 Å². The van der Waals surface area contributed by atoms with Crippen LogP contribution in [0, 0.1) is 0 Å². The molecule has 0 radical (unpaired) electrons. The molecule has 0 bridgehead atoms. The van der Waals surface area contributed by atoms with Crippen molar-refractivity contribution in [1.82, 2.24) is 9.55 Å². The van der Waals surface area contributed by atoms with Crippen molar-refractivity contribution in [3.05, 3.63) is 35.6 Å². The van der Waals surface area contributed by atoms with E-state index >= 15 is 0 Å². The van der Waals surface area contributed by atoms with Gasteiger partial charge in [-0.1, -0.05) is 11.6 Å². The molecule has 2 N–H and O–H groups in total. The van der Waals surface area contributed by atoms with Crippen molar-refractivity contribution in [3.8, 4) is 11.8 Å². The van der Waals surface area contributed by atoms with Crippen molar-refractivity contribution >= 4 is 17.3 Å². The average Bonchev–Trinajstić information content (AvgIpc) is 2.71. The molecule has 0 atom stereocenters. The number of hydrogen-bond donors (Lipinski definition) is 1. The second kappa shape index (κ2) is 4.45. The highest BCUT2D eigenvalue weighted by molar-refractivity contribution is 6.32. The van der Waals surface area contributed by atoms with Crippen LogP contribution in [0.1, 0.15) is 6.92 Å². The molecular weight excluding hydrogens is 226 g/mol. The normalized spacial score (nSPS) is 10.4. The fraction of sp³-hybridized carbons (Fsp3) is 0.182. The van der Waals surface area contributed by atoms with Gasteiger partial charge in [0.25, 0.3) is 0 Å². The van der Waals surface area contributed by atoms with Crippen molar-refractivity contribution in [2.45, 2.75) is 13.5 Å². The van der Waals surface area contributed by atoms with Crippen LogP contribution >= 0.6 is 11.6 Å². The number of nitrogen functional groups attached to an aromatic ring is 1. The predicted molar refractivity (Wildman–Crippen MR) is 63.8 cm³/mol. The maximum atomic E-state index is 5.99. The number of halogens is 1. The number of rotatable bonds is 3. The molecule has 4 nitrogen and oxygen atoms in total. The van der Waals surface area contributed by atoms with Crippen LogP contribution < -0.4 is 10.5 Å². The molecule has 2 aromatic rings. The fourth-order valence-corrected chi connectivity index (χ4v) is 1.49. The lowest BCUT2D eigenvalue weighted by atomic mass is 10.3. The highest BCUT2D eigenvalue weighted by atomic mass is 35.5. The van der Waals surface area contributed by atoms with E-state index in [1.54, 1.807) is 24.4 Å². The molecule has 0 amide bonds. The number of benzene rings is 1. The summed E-state index contributed by atoms with van der Waals surface area (Å²) in [5, 5.41) is 0.514. The Labute approximate surface area is 98.6 Å². The third kappa shape index (κ3) is 2.12. The minimum absolute atomic E-state index is 0.509. The Bertz CT molecular complexity index is 496. The SMILES string of the molecule is CCn1ccnc1Oc1cc(N)ccc1Cl. The molecule has 0 unspecified atom stereocenters. The van der Waals surface area contributed by atoms with E-state index in [0.717, 1.165) is 6.54 Å². The first-order chi connectivity index (χ1) is 7.70. The third-order valence-electron chi connectivity index (χ3n) is 2.17. The lowest BCUT2D eigenvalue weighted by Crippen LogP contribution is -1.98. The minimum Gasteiger partial charge on any atom is -0.424 e. The number of imidazole rings is 1. The first-order valence-electron chi connectivity index (χ1n) is 4.94. The Hall–Kier alpha value is -1.68. The Morgan fingerprint density at radius 2 is 2.31 bits per heavy atom. The number of anilines is 1. The molecule has 2 rings (SSSR count). The molecule has 0 aliphatic rings. The fourth-order valence-electron chi connectivity index (χ4n) is 1.34. The Morgan fingerprint density at radius 1 is 1.50 bits per heavy atom. The first-order valence-corrected chi connectivity index (χ1v) is 5.32. The largest absolute Gasteiger partial charge is 0.424 e. The summed E-state index contributed by atoms with van der Waals surface area (Å²) in [4.78, 5) is 4.09. The molecule has 1 aromatic carbocycles. The average molecular weight is 238 g/mol. The van der Waals surface area contributed by atoms with E-state index in [1.165, 1.54) is 0 Å². The Morgan fingerprint density at radius 3 is 3.06 bits per heavy atom. The van der Waals surface area contributed by atoms with Gasteiger partial charge in [-0.2, -0.15) is 0 Å². The zero-order chi connectivity index (χ0) is 11.5. The molecule has 0 saturated carbocycles. The van der Waals surface area contributed by atoms with E-state index in [0.29, 0.717) is 22.5 Å². The van der Waals surface area contributed by atoms with Crippen molar-refractivity contribution < 1.29 is 4.74 Å². The summed E-state index contributed by atoms with van der Waals surface area (Å²) in [6.07, 6.45) is 3.52. The van der Waals surface area contributed by atoms with Crippen LogP contribution in [0.5, 0.6) is 11.8 Å². The molecule has 0 spiro atoms. The van der Waals surface area contributed by atoms with Crippen LogP contribution in [0.15, 0.2) is 30.6 Å². The maximum absolute atomic E-state index is 5.99. The maximum Gasteiger partial charge on any atom is 0.301 e. The van der Waals surface area contributed by atoms with E-state index in [4.69, 9.17) is 22.1 Å². The van der Waals surface area contributed by atoms with Gasteiger partial charge in [0.05, 0.1) is 5.02 Å². The number of nitrogens with zero attached hydrogens (tertiary/aromatic N) is 2. The van der Waals surface area contributed by atoms with Crippen LogP contribution in [0.2, 0.25) is 5.02 Å². The van der Waals surface area contributed by atoms with E-state index in [-0.39, 0.29) is 0 Å². The van der Waals surface area contributed by atoms with Gasteiger partial charge in [-0.3, -0.25) is 0 Å². The summed E-state index contributed by atoms with van der Waals surface area (Å²) in [5.41, 5.74) is 6.27. The van der Waals surface area contributed by atoms with Gasteiger partial charge in [0.2, 0.25) is 0 Å². The zero-order valence-electron chi connectivity index (χ0n) is 8.85. The van der Waals surface area contributed by atoms with Gasteiger partial charge in [-0.25, -0.2) is 4.98 Å². The number of nitrogens with two attached hydrogens (primary N) is 1. The molecule has 1 aromatic heterocycles. The van der Waals surface area contributed by atoms with Gasteiger partial charge in [-0.15, -0.1) is 0 Å². The summed E-state index contributed by atoms with van der Waals surface area (Å²) in [6, 6.07) is 5.61. The van der Waals surface area contributed by atoms with Crippen molar-refractivity contribution in [2.24, 2.45) is 0 Å². The van der Waals surface area contributed by atoms with Crippen LogP contribution in [0.3, 0.4) is 0 Å². The number of ether oxygens (including phenoxy) is 1. The quantitative estimate of drug-likeness (QED) is 0.835. The molecule has 5 heteroatoms. The van der Waals surface area contributed by atoms with Crippen LogP contribution in [0.4, 0.5) is 5.69 Å². The van der Waals surface area contributed by atoms with Gasteiger partial charge >= 0.3 is 6.01 Å². The van der Waals surface area contributed by atoms with Gasteiger partial charge < -0.3 is 15.0 Å². The molecule has 0 aliphatic heterocycles. The number of aryl methyl sites for hydroxylation is 1. The topological polar surface area (TPSA) is 53.1 Å². The standard InChI is InChI=1S/C11H12ClN3O/c1-2-15-6-5-14-11(15)16-10-7-8(13)3-4-9(10)12/h3-7H,2,13H2,1H3. The smallest absolute Gasteiger partial charge is 0.301 e. The summed E-state index contributed by atoms with van der Waals surface area (Å²) in [6.45, 7) is 2.80. The van der Waals surface area contributed by atoms with Gasteiger partial charge in [0.1, 0.15) is 0 Å². The molecule has 84 valence electrons. The molecule has 0 aliphatic carbocycles. The highest BCUT2D eigenvalue weighted by Crippen LogP contribution is 2.30. The van der Waals surface area contributed by atoms with E-state index in [2.05, 4.69) is 4.98 Å². The summed E-state index contributed by atoms with van der Waals surface area (Å²) in [7, 11) is 0. The zero-order valence-corrected chi connectivity index (χ0v) is 9.61. The molecular formula is C11H12ClN3O. The second-order valence-corrected chi connectivity index (χ2v) is 3.69. The first kappa shape index (κ1) is 10.8. The summed E-state index contributed by atoms with van der Waals surface area (Å²) >= 11 is 5.99. The third-order valence-corrected chi connectivity index (χ3v) is 2.49. The highest BCUT2D eigenvalue weighted by Gasteiger charge is 2.07. The molecule has 1 heterocycles. The molecule has 0 saturated heterocycles. The minimum atomic E-state index is 0.509. The Kier molecular flexibility index (Phi) is 3.01. The Balaban J connectivity index is 2.30. The lowest BCUT2D eigenvalue weighted by Gasteiger charge is -2.08. The number of hydrogen-bond acceptors (Lipinski definition) is 3. The lowest BCUT2D eigenvalue weighted by molar-refractivity contribution is 0.415. The van der Waals surface area contributed by atoms with Crippen molar-refractivity contribution in [2.75, 3.05) is 5.73 Å². The van der Waals surface area contributed by atoms with Crippen molar-refractivity contribution in [1.29, 1.82) is 0 Å². The van der Waals surface area contributed by atoms with E-state index < -0.39 is 0 Å². The van der Waals surface area contributed by atoms with E-state index in [9.17, 15) is 0 Å². The van der Waals surface area contributed by atoms with Crippen LogP contribution in [-0.2, 0) is 6.54 Å². The number of aromatic nitrogens is 2. The summed E-state index contributed by atoms with van der Waals surface area (Å²) in [5.74, 6) is 0.516. The monoisotopic (exact) mass is 237 g/mol. The van der Waals surface area contributed by atoms with Crippen LogP contribution in [0.25, 0.3) is 0 Å². The second-order valence-electron chi connectivity index (χ2n) is 3.29. The summed E-state index contributed by atoms with van der Waals surface area (Å²) < 4.78 is 7.47. The van der Waals surface area contributed by atoms with Crippen LogP contribution in [-0.4, -0.2) is 9.55 Å². The van der Waals surface area contributed by atoms with Gasteiger partial charge in [0, 0.05) is 30.7 Å². The molecule has 0 fully saturated rings. The van der Waals surface area contributed by atoms with Gasteiger partial charge in [0.15, 0.2) is 5.75 Å². The van der Waals surface area contributed by atoms with Crippen molar-refractivity contribution in [3.63, 3.8) is 0 Å². The van der Waals surface area contributed by atoms with E-state index in [1.807, 2.05) is 17.7 Å². The predicted octanol–water partition coefficient (Wildman–Crippen LogP) is 2.93.